The number of aliphatic imine (C=N–C) groups is 1. The van der Waals surface area contributed by atoms with Gasteiger partial charge in [0.15, 0.2) is 0 Å². The number of hydrogen-bond donors (Lipinski definition) is 1. The van der Waals surface area contributed by atoms with Crippen LogP contribution in [0.25, 0.3) is 0 Å². The Morgan fingerprint density at radius 3 is 2.72 bits per heavy atom. The van der Waals surface area contributed by atoms with Gasteiger partial charge in [-0.1, -0.05) is 25.5 Å². The van der Waals surface area contributed by atoms with E-state index in [-0.39, 0.29) is 0 Å². The van der Waals surface area contributed by atoms with Gasteiger partial charge in [-0.2, -0.15) is 0 Å². The van der Waals surface area contributed by atoms with E-state index in [2.05, 4.69) is 11.9 Å². The van der Waals surface area contributed by atoms with Crippen LogP contribution < -0.4 is 0 Å². The molecule has 1 fully saturated rings. The number of halogens is 2. The minimum absolute atomic E-state index is 0.356. The molecule has 2 rings (SSSR count). The van der Waals surface area contributed by atoms with E-state index in [0.717, 1.165) is 17.0 Å². The van der Waals surface area contributed by atoms with Crippen molar-refractivity contribution in [2.24, 2.45) is 10.9 Å². The second-order valence-electron chi connectivity index (χ2n) is 4.33. The Hall–Kier alpha value is 0.153. The molecule has 0 spiro atoms. The maximum atomic E-state index is 9.76. The van der Waals surface area contributed by atoms with Gasteiger partial charge >= 0.3 is 37.9 Å². The topological polar surface area (TPSA) is 32.6 Å². The predicted octanol–water partition coefficient (Wildman–Crippen LogP) is 4.29. The van der Waals surface area contributed by atoms with Gasteiger partial charge in [-0.05, 0) is 30.9 Å². The summed E-state index contributed by atoms with van der Waals surface area (Å²) in [6.45, 7) is 4.10. The number of rotatable bonds is 3. The van der Waals surface area contributed by atoms with Crippen molar-refractivity contribution in [2.45, 2.75) is 32.7 Å². The van der Waals surface area contributed by atoms with E-state index < -0.39 is 20.8 Å². The summed E-state index contributed by atoms with van der Waals surface area (Å²) in [5, 5.41) is 9.76. The Morgan fingerprint density at radius 2 is 2.17 bits per heavy atom. The van der Waals surface area contributed by atoms with E-state index in [4.69, 9.17) is 17.0 Å². The SMILES string of the molecule is CCC1CC1N=Cc1cccc(C)c1O.[Cl][Zr][Cl]. The fourth-order valence-corrected chi connectivity index (χ4v) is 1.81. The van der Waals surface area contributed by atoms with E-state index in [1.807, 2.05) is 31.3 Å². The van der Waals surface area contributed by atoms with Crippen molar-refractivity contribution in [3.8, 4) is 5.75 Å². The summed E-state index contributed by atoms with van der Waals surface area (Å²) in [5.74, 6) is 1.13. The predicted molar refractivity (Wildman–Crippen MR) is 74.3 cm³/mol. The Kier molecular flexibility index (Phi) is 7.52. The molecule has 0 amide bonds. The first-order valence-electron chi connectivity index (χ1n) is 5.92. The van der Waals surface area contributed by atoms with Gasteiger partial charge in [0.25, 0.3) is 0 Å². The molecule has 0 aromatic heterocycles. The van der Waals surface area contributed by atoms with Gasteiger partial charge in [-0.3, -0.25) is 4.99 Å². The van der Waals surface area contributed by atoms with Crippen LogP contribution in [0.15, 0.2) is 23.2 Å². The average molecular weight is 365 g/mol. The monoisotopic (exact) mass is 363 g/mol. The van der Waals surface area contributed by atoms with Crippen molar-refractivity contribution in [2.75, 3.05) is 0 Å². The van der Waals surface area contributed by atoms with Crippen molar-refractivity contribution in [3.63, 3.8) is 0 Å². The van der Waals surface area contributed by atoms with E-state index >= 15 is 0 Å². The summed E-state index contributed by atoms with van der Waals surface area (Å²) in [4.78, 5) is 4.48. The zero-order valence-electron chi connectivity index (χ0n) is 10.5. The fourth-order valence-electron chi connectivity index (χ4n) is 1.81. The van der Waals surface area contributed by atoms with Crippen LogP contribution in [0.4, 0.5) is 0 Å². The van der Waals surface area contributed by atoms with Crippen LogP contribution in [0, 0.1) is 12.8 Å². The fraction of sp³-hybridized carbons (Fsp3) is 0.462. The molecule has 0 radical (unpaired) electrons. The van der Waals surface area contributed by atoms with E-state index in [1.54, 1.807) is 0 Å². The number of phenols is 1. The summed E-state index contributed by atoms with van der Waals surface area (Å²) in [7, 11) is 9.87. The molecule has 98 valence electrons. The van der Waals surface area contributed by atoms with Crippen molar-refractivity contribution in [1.82, 2.24) is 0 Å². The molecule has 5 heteroatoms. The number of benzene rings is 1. The molecule has 1 aliphatic rings. The van der Waals surface area contributed by atoms with Crippen LogP contribution in [-0.4, -0.2) is 17.4 Å². The van der Waals surface area contributed by atoms with Crippen LogP contribution in [0.3, 0.4) is 0 Å². The Bertz CT molecular complexity index is 412. The molecule has 2 nitrogen and oxygen atoms in total. The molecule has 18 heavy (non-hydrogen) atoms. The molecule has 0 heterocycles. The summed E-state index contributed by atoms with van der Waals surface area (Å²) in [5.41, 5.74) is 1.73. The molecule has 2 atom stereocenters. The third-order valence-electron chi connectivity index (χ3n) is 3.08. The molecule has 0 aliphatic heterocycles. The van der Waals surface area contributed by atoms with Crippen molar-refractivity contribution in [1.29, 1.82) is 0 Å². The van der Waals surface area contributed by atoms with E-state index in [0.29, 0.717) is 11.8 Å². The van der Waals surface area contributed by atoms with Crippen molar-refractivity contribution >= 4 is 23.2 Å². The van der Waals surface area contributed by atoms with Gasteiger partial charge in [0.1, 0.15) is 5.75 Å². The third kappa shape index (κ3) is 5.03. The van der Waals surface area contributed by atoms with Crippen LogP contribution in [-0.2, 0) is 20.8 Å². The first-order valence-corrected chi connectivity index (χ1v) is 12.2. The number of hydrogen-bond acceptors (Lipinski definition) is 2. The van der Waals surface area contributed by atoms with Gasteiger partial charge in [0, 0.05) is 11.8 Å². The van der Waals surface area contributed by atoms with Gasteiger partial charge in [0.05, 0.1) is 6.04 Å². The zero-order chi connectivity index (χ0) is 13.5. The molecule has 1 aromatic carbocycles. The molecule has 1 saturated carbocycles. The van der Waals surface area contributed by atoms with Crippen LogP contribution in [0.2, 0.25) is 0 Å². The first kappa shape index (κ1) is 16.2. The first-order chi connectivity index (χ1) is 8.63. The summed E-state index contributed by atoms with van der Waals surface area (Å²) in [6.07, 6.45) is 4.23. The van der Waals surface area contributed by atoms with Crippen molar-refractivity contribution in [3.05, 3.63) is 29.3 Å². The summed E-state index contributed by atoms with van der Waals surface area (Å²) >= 11 is -0.826. The average Bonchev–Trinajstić information content (AvgIpc) is 3.11. The molecular weight excluding hydrogens is 348 g/mol. The molecule has 0 saturated heterocycles. The summed E-state index contributed by atoms with van der Waals surface area (Å²) in [6, 6.07) is 6.24. The number of nitrogens with zero attached hydrogens (tertiary/aromatic N) is 1. The van der Waals surface area contributed by atoms with Gasteiger partial charge in [0.2, 0.25) is 0 Å². The molecular formula is C13H17Cl2NOZr. The minimum atomic E-state index is -0.826. The van der Waals surface area contributed by atoms with Gasteiger partial charge in [-0.15, -0.1) is 0 Å². The second kappa shape index (κ2) is 8.35. The van der Waals surface area contributed by atoms with E-state index in [1.165, 1.54) is 12.8 Å². The summed E-state index contributed by atoms with van der Waals surface area (Å²) < 4.78 is 0. The van der Waals surface area contributed by atoms with E-state index in [9.17, 15) is 5.11 Å². The van der Waals surface area contributed by atoms with Crippen molar-refractivity contribution < 1.29 is 26.0 Å². The number of para-hydroxylation sites is 1. The van der Waals surface area contributed by atoms with Crippen LogP contribution in [0.1, 0.15) is 30.9 Å². The normalized spacial score (nSPS) is 21.3. The van der Waals surface area contributed by atoms with Crippen LogP contribution in [0.5, 0.6) is 5.75 Å². The number of aryl methyl sites for hydroxylation is 1. The second-order valence-corrected chi connectivity index (χ2v) is 8.07. The zero-order valence-corrected chi connectivity index (χ0v) is 14.5. The molecule has 1 aromatic rings. The quantitative estimate of drug-likeness (QED) is 0.796. The standard InChI is InChI=1S/C13H17NO.2ClH.Zr/c1-3-10-7-12(10)14-8-11-6-4-5-9(2)13(11)15;;;/h4-6,8,10,12,15H,3,7H2,1-2H3;2*1H;/q;;;+2/p-2. The Labute approximate surface area is 127 Å². The molecule has 1 N–H and O–H groups in total. The third-order valence-corrected chi connectivity index (χ3v) is 3.08. The molecule has 2 unspecified atom stereocenters. The molecule has 0 bridgehead atoms. The Morgan fingerprint density at radius 1 is 1.50 bits per heavy atom. The van der Waals surface area contributed by atoms with Crippen LogP contribution >= 0.6 is 17.0 Å². The Balaban J connectivity index is 0.000000492. The molecule has 1 aliphatic carbocycles. The van der Waals surface area contributed by atoms with Gasteiger partial charge < -0.3 is 5.11 Å². The number of aromatic hydroxyl groups is 1. The number of phenolic OH excluding ortho intramolecular Hbond substituents is 1. The van der Waals surface area contributed by atoms with Gasteiger partial charge in [-0.25, -0.2) is 0 Å². The maximum absolute atomic E-state index is 9.76.